The number of aromatic nitrogens is 2. The molecule has 1 saturated heterocycles. The Balaban J connectivity index is 1.62. The Morgan fingerprint density at radius 2 is 1.79 bits per heavy atom. The van der Waals surface area contributed by atoms with Crippen LogP contribution in [0.25, 0.3) is 0 Å². The number of nitrogens with two attached hydrogens (primary N) is 2. The van der Waals surface area contributed by atoms with Crippen LogP contribution in [0.4, 0.5) is 22.9 Å². The number of benzene rings is 2. The lowest BCUT2D eigenvalue weighted by Crippen LogP contribution is -2.44. The van der Waals surface area contributed by atoms with Crippen molar-refractivity contribution in [1.82, 2.24) is 14.9 Å². The first kappa shape index (κ1) is 23.3. The van der Waals surface area contributed by atoms with Crippen LogP contribution >= 0.6 is 0 Å². The second-order valence-electron chi connectivity index (χ2n) is 8.48. The van der Waals surface area contributed by atoms with Gasteiger partial charge < -0.3 is 31.3 Å². The molecule has 0 atom stereocenters. The standard InChI is InChI=1S/C25H31N7O2/c1-4-20-25(34-21-15-17(26)6-5-16(21)2)30-24(22(29-20)23(27)33)28-18-7-9-19(10-8-18)32-13-11-31(3)12-14-32/h5-10,15H,4,11-14,26H2,1-3H3,(H2,27,33)(H,28,30). The summed E-state index contributed by atoms with van der Waals surface area (Å²) in [7, 11) is 2.14. The Bertz CT molecular complexity index is 1170. The zero-order chi connectivity index (χ0) is 24.2. The molecule has 34 heavy (non-hydrogen) atoms. The molecule has 9 heteroatoms. The van der Waals surface area contributed by atoms with E-state index in [2.05, 4.69) is 44.3 Å². The third-order valence-electron chi connectivity index (χ3n) is 5.92. The van der Waals surface area contributed by atoms with Gasteiger partial charge in [-0.05, 0) is 56.3 Å². The van der Waals surface area contributed by atoms with Crippen LogP contribution in [0.5, 0.6) is 11.6 Å². The number of amides is 1. The lowest BCUT2D eigenvalue weighted by atomic mass is 10.2. The summed E-state index contributed by atoms with van der Waals surface area (Å²) in [4.78, 5) is 25.9. The van der Waals surface area contributed by atoms with Crippen molar-refractivity contribution < 1.29 is 9.53 Å². The Hall–Kier alpha value is -3.85. The van der Waals surface area contributed by atoms with Crippen LogP contribution in [0.1, 0.15) is 28.7 Å². The molecule has 9 nitrogen and oxygen atoms in total. The van der Waals surface area contributed by atoms with Crippen LogP contribution in [0.15, 0.2) is 42.5 Å². The van der Waals surface area contributed by atoms with E-state index in [0.717, 1.165) is 43.1 Å². The molecule has 4 rings (SSSR count). The highest BCUT2D eigenvalue weighted by Crippen LogP contribution is 2.31. The van der Waals surface area contributed by atoms with Gasteiger partial charge in [-0.2, -0.15) is 4.98 Å². The molecule has 1 amide bonds. The minimum atomic E-state index is -0.662. The molecule has 0 saturated carbocycles. The molecule has 0 radical (unpaired) electrons. The second kappa shape index (κ2) is 9.96. The van der Waals surface area contributed by atoms with Gasteiger partial charge in [-0.3, -0.25) is 4.79 Å². The van der Waals surface area contributed by atoms with Gasteiger partial charge in [0.15, 0.2) is 11.5 Å². The number of carbonyl (C=O) groups is 1. The normalized spacial score (nSPS) is 14.1. The van der Waals surface area contributed by atoms with E-state index in [1.165, 1.54) is 0 Å². The molecule has 2 heterocycles. The van der Waals surface area contributed by atoms with Crippen molar-refractivity contribution in [1.29, 1.82) is 0 Å². The number of hydrogen-bond donors (Lipinski definition) is 3. The molecule has 1 fully saturated rings. The summed E-state index contributed by atoms with van der Waals surface area (Å²) < 4.78 is 6.08. The number of hydrogen-bond acceptors (Lipinski definition) is 8. The fourth-order valence-electron chi connectivity index (χ4n) is 3.81. The molecule has 0 unspecified atom stereocenters. The number of aryl methyl sites for hydroxylation is 2. The highest BCUT2D eigenvalue weighted by molar-refractivity contribution is 5.96. The van der Waals surface area contributed by atoms with Crippen molar-refractivity contribution in [2.75, 3.05) is 49.2 Å². The lowest BCUT2D eigenvalue weighted by molar-refractivity contribution is 0.0996. The monoisotopic (exact) mass is 461 g/mol. The van der Waals surface area contributed by atoms with Crippen molar-refractivity contribution in [3.63, 3.8) is 0 Å². The van der Waals surface area contributed by atoms with Gasteiger partial charge in [0.1, 0.15) is 11.4 Å². The summed E-state index contributed by atoms with van der Waals surface area (Å²) in [6.45, 7) is 7.89. The number of anilines is 4. The van der Waals surface area contributed by atoms with Gasteiger partial charge in [0.2, 0.25) is 5.88 Å². The molecule has 178 valence electrons. The number of piperazine rings is 1. The maximum Gasteiger partial charge on any atom is 0.271 e. The van der Waals surface area contributed by atoms with Gasteiger partial charge in [-0.15, -0.1) is 0 Å². The summed E-state index contributed by atoms with van der Waals surface area (Å²) in [5, 5.41) is 3.19. The summed E-state index contributed by atoms with van der Waals surface area (Å²) in [6, 6.07) is 13.4. The fourth-order valence-corrected chi connectivity index (χ4v) is 3.81. The van der Waals surface area contributed by atoms with E-state index in [4.69, 9.17) is 16.2 Å². The first-order chi connectivity index (χ1) is 16.3. The van der Waals surface area contributed by atoms with Gasteiger partial charge in [0.25, 0.3) is 5.91 Å². The maximum atomic E-state index is 12.1. The van der Waals surface area contributed by atoms with Crippen molar-refractivity contribution in [3.8, 4) is 11.6 Å². The minimum Gasteiger partial charge on any atom is -0.437 e. The predicted octanol–water partition coefficient (Wildman–Crippen LogP) is 3.32. The van der Waals surface area contributed by atoms with Crippen molar-refractivity contribution >= 4 is 28.8 Å². The molecular weight excluding hydrogens is 430 g/mol. The van der Waals surface area contributed by atoms with Crippen molar-refractivity contribution in [2.24, 2.45) is 5.73 Å². The van der Waals surface area contributed by atoms with E-state index in [1.807, 2.05) is 38.1 Å². The minimum absolute atomic E-state index is 0.0663. The molecule has 3 aromatic rings. The molecule has 1 aliphatic rings. The number of primary amides is 1. The molecule has 1 aromatic heterocycles. The van der Waals surface area contributed by atoms with E-state index in [0.29, 0.717) is 29.4 Å². The van der Waals surface area contributed by atoms with Crippen LogP contribution in [0.2, 0.25) is 0 Å². The molecule has 0 bridgehead atoms. The quantitative estimate of drug-likeness (QED) is 0.458. The fraction of sp³-hybridized carbons (Fsp3) is 0.320. The van der Waals surface area contributed by atoms with Crippen molar-refractivity contribution in [2.45, 2.75) is 20.3 Å². The number of nitrogens with one attached hydrogen (secondary N) is 1. The maximum absolute atomic E-state index is 12.1. The first-order valence-electron chi connectivity index (χ1n) is 11.4. The Morgan fingerprint density at radius 1 is 1.09 bits per heavy atom. The number of likely N-dealkylation sites (N-methyl/N-ethyl adjacent to an activating group) is 1. The Kier molecular flexibility index (Phi) is 6.83. The van der Waals surface area contributed by atoms with Crippen molar-refractivity contribution in [3.05, 3.63) is 59.4 Å². The van der Waals surface area contributed by atoms with E-state index >= 15 is 0 Å². The summed E-state index contributed by atoms with van der Waals surface area (Å²) in [6.07, 6.45) is 0.518. The van der Waals surface area contributed by atoms with E-state index in [1.54, 1.807) is 6.07 Å². The number of nitrogens with zero attached hydrogens (tertiary/aromatic N) is 4. The van der Waals surface area contributed by atoms with Crippen LogP contribution in [-0.4, -0.2) is 54.0 Å². The van der Waals surface area contributed by atoms with E-state index in [-0.39, 0.29) is 11.5 Å². The van der Waals surface area contributed by atoms with Crippen LogP contribution < -0.4 is 26.4 Å². The largest absolute Gasteiger partial charge is 0.437 e. The topological polar surface area (TPSA) is 123 Å². The lowest BCUT2D eigenvalue weighted by Gasteiger charge is -2.34. The van der Waals surface area contributed by atoms with Crippen LogP contribution in [-0.2, 0) is 6.42 Å². The number of carbonyl (C=O) groups excluding carboxylic acids is 1. The Labute approximate surface area is 199 Å². The second-order valence-corrected chi connectivity index (χ2v) is 8.48. The summed E-state index contributed by atoms with van der Waals surface area (Å²) in [5.41, 5.74) is 15.6. The SMILES string of the molecule is CCc1nc(C(N)=O)c(Nc2ccc(N3CCN(C)CC3)cc2)nc1Oc1cc(N)ccc1C. The zero-order valence-electron chi connectivity index (χ0n) is 19.8. The van der Waals surface area contributed by atoms with Gasteiger partial charge in [0, 0.05) is 49.3 Å². The van der Waals surface area contributed by atoms with Gasteiger partial charge in [0.05, 0.1) is 0 Å². The summed E-state index contributed by atoms with van der Waals surface area (Å²) in [5.74, 6) is 0.468. The van der Waals surface area contributed by atoms with Gasteiger partial charge >= 0.3 is 0 Å². The zero-order valence-corrected chi connectivity index (χ0v) is 19.8. The first-order valence-corrected chi connectivity index (χ1v) is 11.4. The van der Waals surface area contributed by atoms with E-state index < -0.39 is 5.91 Å². The molecular formula is C25H31N7O2. The molecule has 5 N–H and O–H groups in total. The van der Waals surface area contributed by atoms with E-state index in [9.17, 15) is 4.79 Å². The number of nitrogen functional groups attached to an aromatic ring is 1. The Morgan fingerprint density at radius 3 is 2.44 bits per heavy atom. The van der Waals surface area contributed by atoms with Gasteiger partial charge in [-0.25, -0.2) is 4.98 Å². The van der Waals surface area contributed by atoms with Crippen LogP contribution in [0.3, 0.4) is 0 Å². The molecule has 0 aliphatic carbocycles. The summed E-state index contributed by atoms with van der Waals surface area (Å²) >= 11 is 0. The molecule has 0 spiro atoms. The third-order valence-corrected chi connectivity index (χ3v) is 5.92. The highest BCUT2D eigenvalue weighted by Gasteiger charge is 2.20. The molecule has 1 aliphatic heterocycles. The van der Waals surface area contributed by atoms with Crippen LogP contribution in [0, 0.1) is 6.92 Å². The van der Waals surface area contributed by atoms with Gasteiger partial charge in [-0.1, -0.05) is 13.0 Å². The highest BCUT2D eigenvalue weighted by atomic mass is 16.5. The average Bonchev–Trinajstić information content (AvgIpc) is 2.82. The smallest absolute Gasteiger partial charge is 0.271 e. The third kappa shape index (κ3) is 5.20. The average molecular weight is 462 g/mol. The predicted molar refractivity (Wildman–Crippen MR) is 135 cm³/mol. The molecule has 2 aromatic carbocycles. The number of ether oxygens (including phenoxy) is 1. The number of rotatable bonds is 7.